The number of aryl methyl sites for hydroxylation is 1. The van der Waals surface area contributed by atoms with Crippen LogP contribution in [0.5, 0.6) is 0 Å². The van der Waals surface area contributed by atoms with Crippen LogP contribution in [0.4, 0.5) is 21.5 Å². The van der Waals surface area contributed by atoms with Gasteiger partial charge in [-0.1, -0.05) is 6.07 Å². The Kier molecular flexibility index (Phi) is 3.33. The monoisotopic (exact) mass is 294 g/mol. The third kappa shape index (κ3) is 2.77. The summed E-state index contributed by atoms with van der Waals surface area (Å²) in [7, 11) is 0. The van der Waals surface area contributed by atoms with Gasteiger partial charge >= 0.3 is 0 Å². The van der Waals surface area contributed by atoms with Crippen molar-refractivity contribution in [3.05, 3.63) is 52.3 Å². The number of nitrogen functional groups attached to an aromatic ring is 1. The number of anilines is 3. The maximum atomic E-state index is 13.1. The van der Waals surface area contributed by atoms with Gasteiger partial charge in [0.05, 0.1) is 4.47 Å². The molecule has 2 aromatic rings. The molecule has 0 aliphatic rings. The first-order valence-corrected chi connectivity index (χ1v) is 5.94. The molecule has 0 saturated carbocycles. The van der Waals surface area contributed by atoms with E-state index in [0.717, 1.165) is 22.6 Å². The number of nitrogens with one attached hydrogen (secondary N) is 1. The van der Waals surface area contributed by atoms with Gasteiger partial charge in [0.25, 0.3) is 0 Å². The molecule has 0 aromatic heterocycles. The Morgan fingerprint density at radius 3 is 2.41 bits per heavy atom. The van der Waals surface area contributed by atoms with Crippen molar-refractivity contribution < 1.29 is 4.39 Å². The van der Waals surface area contributed by atoms with Gasteiger partial charge in [-0.05, 0) is 58.7 Å². The molecule has 0 unspecified atom stereocenters. The van der Waals surface area contributed by atoms with Gasteiger partial charge in [0, 0.05) is 17.1 Å². The molecule has 0 heterocycles. The fourth-order valence-corrected chi connectivity index (χ4v) is 1.84. The molecule has 0 amide bonds. The lowest BCUT2D eigenvalue weighted by molar-refractivity contribution is 0.621. The highest BCUT2D eigenvalue weighted by Crippen LogP contribution is 2.24. The van der Waals surface area contributed by atoms with E-state index in [0.29, 0.717) is 4.47 Å². The summed E-state index contributed by atoms with van der Waals surface area (Å²) < 4.78 is 13.5. The fourth-order valence-electron chi connectivity index (χ4n) is 1.46. The summed E-state index contributed by atoms with van der Waals surface area (Å²) in [6, 6.07) is 10.5. The molecule has 0 atom stereocenters. The lowest BCUT2D eigenvalue weighted by Crippen LogP contribution is -1.94. The maximum absolute atomic E-state index is 13.1. The number of rotatable bonds is 2. The van der Waals surface area contributed by atoms with E-state index in [4.69, 9.17) is 5.73 Å². The Balaban J connectivity index is 2.25. The highest BCUT2D eigenvalue weighted by atomic mass is 79.9. The Bertz CT molecular complexity index is 506. The standard InChI is InChI=1S/C13H12BrFN2/c1-8-2-3-10(7-13(8)16)17-9-4-5-12(15)11(14)6-9/h2-7,17H,16H2,1H3. The van der Waals surface area contributed by atoms with Crippen LogP contribution < -0.4 is 11.1 Å². The van der Waals surface area contributed by atoms with Gasteiger partial charge in [-0.2, -0.15) is 0 Å². The second-order valence-electron chi connectivity index (χ2n) is 3.83. The number of benzene rings is 2. The molecule has 2 nitrogen and oxygen atoms in total. The lowest BCUT2D eigenvalue weighted by atomic mass is 10.2. The molecule has 0 aliphatic heterocycles. The quantitative estimate of drug-likeness (QED) is 0.814. The number of hydrogen-bond donors (Lipinski definition) is 2. The van der Waals surface area contributed by atoms with E-state index in [-0.39, 0.29) is 5.82 Å². The van der Waals surface area contributed by atoms with E-state index in [1.54, 1.807) is 12.1 Å². The third-order valence-corrected chi connectivity index (χ3v) is 3.10. The van der Waals surface area contributed by atoms with Crippen LogP contribution in [0.15, 0.2) is 40.9 Å². The van der Waals surface area contributed by atoms with Crippen molar-refractivity contribution in [1.29, 1.82) is 0 Å². The minimum absolute atomic E-state index is 0.279. The minimum atomic E-state index is -0.279. The number of hydrogen-bond acceptors (Lipinski definition) is 2. The van der Waals surface area contributed by atoms with E-state index in [1.165, 1.54) is 6.07 Å². The van der Waals surface area contributed by atoms with Crippen molar-refractivity contribution in [3.8, 4) is 0 Å². The maximum Gasteiger partial charge on any atom is 0.137 e. The number of nitrogens with two attached hydrogens (primary N) is 1. The Morgan fingerprint density at radius 1 is 1.12 bits per heavy atom. The van der Waals surface area contributed by atoms with Gasteiger partial charge in [-0.15, -0.1) is 0 Å². The first-order chi connectivity index (χ1) is 8.06. The average molecular weight is 295 g/mol. The molecular weight excluding hydrogens is 283 g/mol. The summed E-state index contributed by atoms with van der Waals surface area (Å²) >= 11 is 3.15. The van der Waals surface area contributed by atoms with Crippen molar-refractivity contribution in [1.82, 2.24) is 0 Å². The first kappa shape index (κ1) is 11.9. The van der Waals surface area contributed by atoms with Crippen LogP contribution >= 0.6 is 15.9 Å². The highest BCUT2D eigenvalue weighted by Gasteiger charge is 2.01. The molecular formula is C13H12BrFN2. The summed E-state index contributed by atoms with van der Waals surface area (Å²) in [5.41, 5.74) is 9.28. The predicted molar refractivity (Wildman–Crippen MR) is 73.0 cm³/mol. The Labute approximate surface area is 108 Å². The zero-order valence-electron chi connectivity index (χ0n) is 9.30. The SMILES string of the molecule is Cc1ccc(Nc2ccc(F)c(Br)c2)cc1N. The molecule has 2 rings (SSSR count). The highest BCUT2D eigenvalue weighted by molar-refractivity contribution is 9.10. The summed E-state index contributed by atoms with van der Waals surface area (Å²) in [5, 5.41) is 3.16. The molecule has 3 N–H and O–H groups in total. The van der Waals surface area contributed by atoms with Crippen molar-refractivity contribution >= 4 is 33.0 Å². The summed E-state index contributed by atoms with van der Waals surface area (Å²) in [5.74, 6) is -0.279. The third-order valence-electron chi connectivity index (χ3n) is 2.49. The molecule has 2 aromatic carbocycles. The van der Waals surface area contributed by atoms with Crippen LogP contribution in [0.1, 0.15) is 5.56 Å². The van der Waals surface area contributed by atoms with Gasteiger partial charge in [0.2, 0.25) is 0 Å². The van der Waals surface area contributed by atoms with Gasteiger partial charge < -0.3 is 11.1 Å². The normalized spacial score (nSPS) is 10.3. The van der Waals surface area contributed by atoms with Crippen molar-refractivity contribution in [2.45, 2.75) is 6.92 Å². The summed E-state index contributed by atoms with van der Waals surface area (Å²) in [4.78, 5) is 0. The minimum Gasteiger partial charge on any atom is -0.398 e. The van der Waals surface area contributed by atoms with Crippen LogP contribution in [-0.4, -0.2) is 0 Å². The zero-order valence-corrected chi connectivity index (χ0v) is 10.9. The fraction of sp³-hybridized carbons (Fsp3) is 0.0769. The molecule has 0 spiro atoms. The van der Waals surface area contributed by atoms with Crippen LogP contribution in [0, 0.1) is 12.7 Å². The van der Waals surface area contributed by atoms with E-state index >= 15 is 0 Å². The van der Waals surface area contributed by atoms with Gasteiger partial charge in [-0.25, -0.2) is 4.39 Å². The zero-order chi connectivity index (χ0) is 12.4. The van der Waals surface area contributed by atoms with E-state index in [9.17, 15) is 4.39 Å². The number of halogens is 2. The van der Waals surface area contributed by atoms with Crippen molar-refractivity contribution in [2.75, 3.05) is 11.1 Å². The van der Waals surface area contributed by atoms with Gasteiger partial charge in [0.15, 0.2) is 0 Å². The van der Waals surface area contributed by atoms with Crippen LogP contribution in [0.3, 0.4) is 0 Å². The molecule has 17 heavy (non-hydrogen) atoms. The summed E-state index contributed by atoms with van der Waals surface area (Å²) in [6.07, 6.45) is 0. The van der Waals surface area contributed by atoms with Gasteiger partial charge in [-0.3, -0.25) is 0 Å². The Hall–Kier alpha value is -1.55. The smallest absolute Gasteiger partial charge is 0.137 e. The molecule has 0 saturated heterocycles. The lowest BCUT2D eigenvalue weighted by Gasteiger charge is -2.09. The second kappa shape index (κ2) is 4.75. The largest absolute Gasteiger partial charge is 0.398 e. The molecule has 0 bridgehead atoms. The van der Waals surface area contributed by atoms with Crippen LogP contribution in [-0.2, 0) is 0 Å². The Morgan fingerprint density at radius 2 is 1.76 bits per heavy atom. The molecule has 88 valence electrons. The molecule has 0 aliphatic carbocycles. The van der Waals surface area contributed by atoms with Crippen molar-refractivity contribution in [3.63, 3.8) is 0 Å². The second-order valence-corrected chi connectivity index (χ2v) is 4.68. The van der Waals surface area contributed by atoms with Gasteiger partial charge in [0.1, 0.15) is 5.82 Å². The topological polar surface area (TPSA) is 38.0 Å². The molecule has 0 fully saturated rings. The molecule has 4 heteroatoms. The van der Waals surface area contributed by atoms with E-state index in [2.05, 4.69) is 21.2 Å². The van der Waals surface area contributed by atoms with E-state index in [1.807, 2.05) is 25.1 Å². The predicted octanol–water partition coefficient (Wildman–Crippen LogP) is 4.22. The van der Waals surface area contributed by atoms with E-state index < -0.39 is 0 Å². The van der Waals surface area contributed by atoms with Crippen molar-refractivity contribution in [2.24, 2.45) is 0 Å². The molecule has 0 radical (unpaired) electrons. The van der Waals surface area contributed by atoms with Crippen LogP contribution in [0.2, 0.25) is 0 Å². The van der Waals surface area contributed by atoms with Crippen LogP contribution in [0.25, 0.3) is 0 Å². The first-order valence-electron chi connectivity index (χ1n) is 5.14. The average Bonchev–Trinajstić information content (AvgIpc) is 2.29. The summed E-state index contributed by atoms with van der Waals surface area (Å²) in [6.45, 7) is 1.95.